The van der Waals surface area contributed by atoms with Crippen LogP contribution in [0.1, 0.15) is 31.2 Å². The summed E-state index contributed by atoms with van der Waals surface area (Å²) in [6, 6.07) is 7.97. The van der Waals surface area contributed by atoms with E-state index in [4.69, 9.17) is 0 Å². The summed E-state index contributed by atoms with van der Waals surface area (Å²) in [7, 11) is 0. The van der Waals surface area contributed by atoms with E-state index in [1.165, 1.54) is 0 Å². The second kappa shape index (κ2) is 6.24. The molecule has 3 N–H and O–H groups in total. The van der Waals surface area contributed by atoms with Crippen LogP contribution in [0.25, 0.3) is 0 Å². The Morgan fingerprint density at radius 2 is 2.15 bits per heavy atom. The predicted octanol–water partition coefficient (Wildman–Crippen LogP) is 1.80. The molecule has 110 valence electrons. The Morgan fingerprint density at radius 3 is 2.70 bits per heavy atom. The molecule has 0 radical (unpaired) electrons. The lowest BCUT2D eigenvalue weighted by molar-refractivity contribution is -0.125. The smallest absolute Gasteiger partial charge is 0.224 e. The maximum atomic E-state index is 12.2. The number of hydrogen-bond acceptors (Lipinski definition) is 3. The number of aliphatic hydroxyl groups is 2. The molecule has 1 amide bonds. The molecule has 1 saturated carbocycles. The molecular weight excluding hydrogens is 322 g/mol. The van der Waals surface area contributed by atoms with Crippen LogP contribution in [0.3, 0.4) is 0 Å². The van der Waals surface area contributed by atoms with E-state index in [9.17, 15) is 15.0 Å². The van der Waals surface area contributed by atoms with Crippen molar-refractivity contribution in [3.05, 3.63) is 34.3 Å². The molecule has 0 unspecified atom stereocenters. The molecule has 4 nitrogen and oxygen atoms in total. The molecule has 0 saturated heterocycles. The molecule has 0 aromatic heterocycles. The van der Waals surface area contributed by atoms with Crippen molar-refractivity contribution in [3.8, 4) is 0 Å². The molecule has 1 aliphatic carbocycles. The zero-order valence-corrected chi connectivity index (χ0v) is 13.1. The van der Waals surface area contributed by atoms with Crippen molar-refractivity contribution >= 4 is 21.8 Å². The van der Waals surface area contributed by atoms with E-state index >= 15 is 0 Å². The van der Waals surface area contributed by atoms with Crippen LogP contribution in [0.5, 0.6) is 0 Å². The lowest BCUT2D eigenvalue weighted by Gasteiger charge is -2.29. The molecule has 0 aliphatic heterocycles. The minimum absolute atomic E-state index is 0.0617. The van der Waals surface area contributed by atoms with Crippen molar-refractivity contribution in [3.63, 3.8) is 0 Å². The van der Waals surface area contributed by atoms with Gasteiger partial charge in [0.2, 0.25) is 5.91 Å². The number of nitrogens with one attached hydrogen (secondary N) is 1. The van der Waals surface area contributed by atoms with Gasteiger partial charge >= 0.3 is 0 Å². The molecule has 0 heterocycles. The van der Waals surface area contributed by atoms with Gasteiger partial charge in [0.15, 0.2) is 0 Å². The van der Waals surface area contributed by atoms with E-state index in [0.29, 0.717) is 6.42 Å². The first-order chi connectivity index (χ1) is 9.55. The fourth-order valence-electron chi connectivity index (χ4n) is 2.39. The monoisotopic (exact) mass is 341 g/mol. The Hall–Kier alpha value is -0.910. The zero-order chi connectivity index (χ0) is 14.8. The van der Waals surface area contributed by atoms with Crippen LogP contribution < -0.4 is 5.32 Å². The van der Waals surface area contributed by atoms with E-state index in [1.54, 1.807) is 0 Å². The quantitative estimate of drug-likeness (QED) is 0.738. The first kappa shape index (κ1) is 15.5. The molecule has 1 aliphatic rings. The first-order valence-corrected chi connectivity index (χ1v) is 7.63. The first-order valence-electron chi connectivity index (χ1n) is 6.84. The fourth-order valence-corrected chi connectivity index (χ4v) is 2.80. The molecule has 1 fully saturated rings. The Labute approximate surface area is 127 Å². The SMILES string of the molecule is CCC(CO)(CO)NC(=O)[C@H]1C[C@@H]1c1cccc(Br)c1. The van der Waals surface area contributed by atoms with Gasteiger partial charge in [-0.05, 0) is 36.5 Å². The molecule has 0 bridgehead atoms. The number of carbonyl (C=O) groups excluding carboxylic acids is 1. The summed E-state index contributed by atoms with van der Waals surface area (Å²) in [6.07, 6.45) is 1.32. The van der Waals surface area contributed by atoms with Crippen molar-refractivity contribution in [2.75, 3.05) is 13.2 Å². The highest BCUT2D eigenvalue weighted by molar-refractivity contribution is 9.10. The molecule has 5 heteroatoms. The maximum Gasteiger partial charge on any atom is 0.224 e. The minimum Gasteiger partial charge on any atom is -0.394 e. The summed E-state index contributed by atoms with van der Waals surface area (Å²) in [6.45, 7) is 1.34. The number of halogens is 1. The van der Waals surface area contributed by atoms with Gasteiger partial charge in [-0.2, -0.15) is 0 Å². The summed E-state index contributed by atoms with van der Waals surface area (Å²) >= 11 is 3.43. The van der Waals surface area contributed by atoms with Gasteiger partial charge in [0.05, 0.1) is 18.8 Å². The van der Waals surface area contributed by atoms with Crippen molar-refractivity contribution in [2.24, 2.45) is 5.92 Å². The molecule has 1 aromatic carbocycles. The van der Waals surface area contributed by atoms with Crippen LogP contribution >= 0.6 is 15.9 Å². The zero-order valence-electron chi connectivity index (χ0n) is 11.5. The second-order valence-electron chi connectivity index (χ2n) is 5.44. The summed E-state index contributed by atoms with van der Waals surface area (Å²) in [5.74, 6) is 0.0905. The summed E-state index contributed by atoms with van der Waals surface area (Å²) in [5, 5.41) is 21.5. The van der Waals surface area contributed by atoms with Gasteiger partial charge in [-0.15, -0.1) is 0 Å². The molecule has 2 atom stereocenters. The van der Waals surface area contributed by atoms with Crippen LogP contribution in [0.4, 0.5) is 0 Å². The highest BCUT2D eigenvalue weighted by Gasteiger charge is 2.45. The molecule has 0 spiro atoms. The Balaban J connectivity index is 1.99. The standard InChI is InChI=1S/C15H20BrNO3/c1-2-15(8-18,9-19)17-14(20)13-7-12(13)10-4-3-5-11(16)6-10/h3-6,12-13,18-19H,2,7-9H2,1H3,(H,17,20)/t12-,13+/m1/s1. The van der Waals surface area contributed by atoms with Gasteiger partial charge in [0.1, 0.15) is 0 Å². The van der Waals surface area contributed by atoms with Crippen molar-refractivity contribution < 1.29 is 15.0 Å². The maximum absolute atomic E-state index is 12.2. The fraction of sp³-hybridized carbons (Fsp3) is 0.533. The number of carbonyl (C=O) groups is 1. The summed E-state index contributed by atoms with van der Waals surface area (Å²) < 4.78 is 1.01. The third-order valence-corrected chi connectivity index (χ3v) is 4.57. The molecular formula is C15H20BrNO3. The third kappa shape index (κ3) is 3.22. The number of rotatable bonds is 6. The number of benzene rings is 1. The summed E-state index contributed by atoms with van der Waals surface area (Å²) in [4.78, 5) is 12.2. The average molecular weight is 342 g/mol. The highest BCUT2D eigenvalue weighted by atomic mass is 79.9. The Kier molecular flexibility index (Phi) is 4.83. The largest absolute Gasteiger partial charge is 0.394 e. The third-order valence-electron chi connectivity index (χ3n) is 4.07. The van der Waals surface area contributed by atoms with Gasteiger partial charge < -0.3 is 15.5 Å². The topological polar surface area (TPSA) is 69.6 Å². The second-order valence-corrected chi connectivity index (χ2v) is 6.36. The van der Waals surface area contributed by atoms with Crippen LogP contribution in [-0.4, -0.2) is 34.9 Å². The van der Waals surface area contributed by atoms with Crippen LogP contribution in [0.2, 0.25) is 0 Å². The summed E-state index contributed by atoms with van der Waals surface area (Å²) in [5.41, 5.74) is 0.247. The van der Waals surface area contributed by atoms with Crippen LogP contribution in [0, 0.1) is 5.92 Å². The highest BCUT2D eigenvalue weighted by Crippen LogP contribution is 2.48. The van der Waals surface area contributed by atoms with Gasteiger partial charge in [-0.1, -0.05) is 35.0 Å². The van der Waals surface area contributed by atoms with Crippen molar-refractivity contribution in [1.82, 2.24) is 5.32 Å². The van der Waals surface area contributed by atoms with Gasteiger partial charge in [0, 0.05) is 10.4 Å². The minimum atomic E-state index is -0.901. The van der Waals surface area contributed by atoms with Crippen LogP contribution in [-0.2, 0) is 4.79 Å². The Bertz CT molecular complexity index is 479. The molecule has 1 aromatic rings. The van der Waals surface area contributed by atoms with Crippen molar-refractivity contribution in [1.29, 1.82) is 0 Å². The lowest BCUT2D eigenvalue weighted by Crippen LogP contribution is -2.54. The van der Waals surface area contributed by atoms with E-state index in [2.05, 4.69) is 21.2 Å². The Morgan fingerprint density at radius 1 is 1.45 bits per heavy atom. The molecule has 2 rings (SSSR count). The normalized spacial score (nSPS) is 21.6. The van der Waals surface area contributed by atoms with Gasteiger partial charge in [-0.25, -0.2) is 0 Å². The number of amides is 1. The number of aliphatic hydroxyl groups excluding tert-OH is 2. The van der Waals surface area contributed by atoms with E-state index in [-0.39, 0.29) is 31.0 Å². The van der Waals surface area contributed by atoms with Gasteiger partial charge in [-0.3, -0.25) is 4.79 Å². The number of hydrogen-bond donors (Lipinski definition) is 3. The van der Waals surface area contributed by atoms with Gasteiger partial charge in [0.25, 0.3) is 0 Å². The average Bonchev–Trinajstić information content (AvgIpc) is 3.25. The van der Waals surface area contributed by atoms with Crippen molar-refractivity contribution in [2.45, 2.75) is 31.2 Å². The van der Waals surface area contributed by atoms with Crippen LogP contribution in [0.15, 0.2) is 28.7 Å². The van der Waals surface area contributed by atoms with E-state index in [0.717, 1.165) is 16.5 Å². The molecule has 20 heavy (non-hydrogen) atoms. The predicted molar refractivity (Wildman–Crippen MR) is 80.3 cm³/mol. The van der Waals surface area contributed by atoms with E-state index in [1.807, 2.05) is 31.2 Å². The van der Waals surface area contributed by atoms with E-state index < -0.39 is 5.54 Å². The lowest BCUT2D eigenvalue weighted by atomic mass is 9.98.